The molecule has 3 aromatic rings. The van der Waals surface area contributed by atoms with Crippen LogP contribution in [-0.4, -0.2) is 47.7 Å². The van der Waals surface area contributed by atoms with E-state index in [2.05, 4.69) is 69.1 Å². The zero-order chi connectivity index (χ0) is 28.0. The van der Waals surface area contributed by atoms with Gasteiger partial charge < -0.3 is 19.3 Å². The largest absolute Gasteiger partial charge is 0.544 e. The Morgan fingerprint density at radius 3 is 2.08 bits per heavy atom. The first-order valence-corrected chi connectivity index (χ1v) is 16.5. The molecule has 0 atom stereocenters. The molecule has 202 valence electrons. The summed E-state index contributed by atoms with van der Waals surface area (Å²) in [6, 6.07) is 18.4. The van der Waals surface area contributed by atoms with Crippen LogP contribution in [0, 0.1) is 0 Å². The van der Waals surface area contributed by atoms with Crippen molar-refractivity contribution in [3.63, 3.8) is 0 Å². The summed E-state index contributed by atoms with van der Waals surface area (Å²) >= 11 is 1.63. The molecule has 0 bridgehead atoms. The molecule has 0 aliphatic carbocycles. The summed E-state index contributed by atoms with van der Waals surface area (Å²) in [6.45, 7) is 11.2. The first-order valence-electron chi connectivity index (χ1n) is 12.8. The Balaban J connectivity index is 1.74. The Morgan fingerprint density at radius 2 is 1.53 bits per heavy atom. The molecule has 4 rings (SSSR count). The van der Waals surface area contributed by atoms with Gasteiger partial charge in [0.25, 0.3) is 0 Å². The maximum absolute atomic E-state index is 12.7. The van der Waals surface area contributed by atoms with Crippen LogP contribution in [0.4, 0.5) is 27.5 Å². The summed E-state index contributed by atoms with van der Waals surface area (Å²) in [5.41, 5.74) is 5.59. The molecule has 0 fully saturated rings. The van der Waals surface area contributed by atoms with Gasteiger partial charge in [-0.1, -0.05) is 44.7 Å². The van der Waals surface area contributed by atoms with E-state index in [0.717, 1.165) is 43.7 Å². The van der Waals surface area contributed by atoms with Gasteiger partial charge in [0.2, 0.25) is 8.32 Å². The van der Waals surface area contributed by atoms with Crippen molar-refractivity contribution < 1.29 is 14.3 Å². The van der Waals surface area contributed by atoms with E-state index < -0.39 is 14.4 Å². The molecule has 0 unspecified atom stereocenters. The van der Waals surface area contributed by atoms with E-state index in [4.69, 9.17) is 4.43 Å². The van der Waals surface area contributed by atoms with Crippen LogP contribution in [0.15, 0.2) is 64.4 Å². The molecule has 0 aromatic heterocycles. The number of nitrogens with zero attached hydrogens (tertiary/aromatic N) is 3. The lowest BCUT2D eigenvalue weighted by Crippen LogP contribution is -2.43. The molecule has 1 heterocycles. The second kappa shape index (κ2) is 10.2. The van der Waals surface area contributed by atoms with Gasteiger partial charge in [0.05, 0.1) is 11.4 Å². The fourth-order valence-electron chi connectivity index (χ4n) is 4.20. The number of hydrogen-bond acceptors (Lipinski definition) is 5. The fourth-order valence-corrected chi connectivity index (χ4v) is 6.41. The smallest absolute Gasteiger partial charge is 0.416 e. The Hall–Kier alpha value is -3.10. The number of hydrogen-bond donors (Lipinski definition) is 1. The lowest BCUT2D eigenvalue weighted by molar-refractivity contribution is 0.204. The average Bonchev–Trinajstić information content (AvgIpc) is 2.82. The molecule has 0 radical (unpaired) electrons. The van der Waals surface area contributed by atoms with Crippen LogP contribution < -0.4 is 19.1 Å². The van der Waals surface area contributed by atoms with Crippen molar-refractivity contribution in [1.29, 1.82) is 0 Å². The summed E-state index contributed by atoms with van der Waals surface area (Å²) in [6.07, 6.45) is -0.373. The Bertz CT molecular complexity index is 1350. The molecular weight excluding hydrogens is 511 g/mol. The van der Waals surface area contributed by atoms with Gasteiger partial charge in [0.15, 0.2) is 0 Å². The second-order valence-electron chi connectivity index (χ2n) is 11.8. The van der Waals surface area contributed by atoms with Crippen LogP contribution in [0.5, 0.6) is 5.75 Å². The van der Waals surface area contributed by atoms with E-state index in [9.17, 15) is 9.90 Å². The van der Waals surface area contributed by atoms with E-state index in [1.165, 1.54) is 4.90 Å². The molecule has 0 spiro atoms. The van der Waals surface area contributed by atoms with Crippen molar-refractivity contribution >= 4 is 48.9 Å². The third-order valence-electron chi connectivity index (χ3n) is 7.49. The van der Waals surface area contributed by atoms with Gasteiger partial charge in [-0.2, -0.15) is 0 Å². The highest BCUT2D eigenvalue weighted by atomic mass is 32.2. The number of anilines is 4. The molecule has 8 heteroatoms. The number of rotatable bonds is 6. The van der Waals surface area contributed by atoms with Gasteiger partial charge in [-0.15, -0.1) is 0 Å². The maximum atomic E-state index is 12.7. The van der Waals surface area contributed by atoms with Crippen LogP contribution in [0.1, 0.15) is 31.9 Å². The van der Waals surface area contributed by atoms with E-state index in [1.54, 1.807) is 11.8 Å². The minimum atomic E-state index is -1.93. The van der Waals surface area contributed by atoms with Gasteiger partial charge in [0.1, 0.15) is 5.75 Å². The molecule has 0 saturated carbocycles. The first-order chi connectivity index (χ1) is 17.7. The van der Waals surface area contributed by atoms with Crippen LogP contribution in [0.2, 0.25) is 18.1 Å². The van der Waals surface area contributed by atoms with Gasteiger partial charge >= 0.3 is 6.09 Å². The van der Waals surface area contributed by atoms with E-state index in [1.807, 2.05) is 57.4 Å². The number of benzene rings is 3. The number of carboxylic acid groups (broad SMARTS) is 1. The van der Waals surface area contributed by atoms with Gasteiger partial charge in [-0.05, 0) is 78.1 Å². The summed E-state index contributed by atoms with van der Waals surface area (Å²) in [5.74, 6) is 0.887. The Morgan fingerprint density at radius 1 is 0.921 bits per heavy atom. The minimum Gasteiger partial charge on any atom is -0.544 e. The molecular formula is C30H39N3O3SSi. The van der Waals surface area contributed by atoms with Crippen LogP contribution >= 0.6 is 11.8 Å². The number of fused-ring (bicyclic) bond motifs is 2. The SMILES string of the molecule is CN(C)c1ccc2c(c1)Sc1cc(N(C)C)cc(Cc3ccc(O[Si](C)(C)C(C)(C)C)cc3)c1N2C(=O)O. The van der Waals surface area contributed by atoms with Crippen LogP contribution in [0.3, 0.4) is 0 Å². The van der Waals surface area contributed by atoms with E-state index in [0.29, 0.717) is 12.1 Å². The molecule has 1 N–H and O–H groups in total. The molecule has 1 amide bonds. The lowest BCUT2D eigenvalue weighted by Gasteiger charge is -2.36. The topological polar surface area (TPSA) is 56.2 Å². The van der Waals surface area contributed by atoms with Gasteiger partial charge in [-0.3, -0.25) is 0 Å². The minimum absolute atomic E-state index is 0.124. The Labute approximate surface area is 232 Å². The van der Waals surface area contributed by atoms with E-state index >= 15 is 0 Å². The van der Waals surface area contributed by atoms with Crippen molar-refractivity contribution in [3.05, 3.63) is 65.7 Å². The zero-order valence-electron chi connectivity index (χ0n) is 23.9. The highest BCUT2D eigenvalue weighted by Gasteiger charge is 2.39. The number of amides is 1. The summed E-state index contributed by atoms with van der Waals surface area (Å²) < 4.78 is 6.47. The highest BCUT2D eigenvalue weighted by Crippen LogP contribution is 2.52. The normalized spacial score (nSPS) is 13.0. The maximum Gasteiger partial charge on any atom is 0.416 e. The van der Waals surface area contributed by atoms with Crippen LogP contribution in [0.25, 0.3) is 0 Å². The average molecular weight is 550 g/mol. The van der Waals surface area contributed by atoms with Crippen molar-refractivity contribution in [2.45, 2.75) is 55.1 Å². The monoisotopic (exact) mass is 549 g/mol. The summed E-state index contributed by atoms with van der Waals surface area (Å²) in [7, 11) is 6.08. The van der Waals surface area contributed by atoms with Crippen molar-refractivity contribution in [1.82, 2.24) is 0 Å². The van der Waals surface area contributed by atoms with Crippen LogP contribution in [-0.2, 0) is 6.42 Å². The van der Waals surface area contributed by atoms with Crippen molar-refractivity contribution in [2.75, 3.05) is 42.9 Å². The third kappa shape index (κ3) is 5.52. The molecule has 6 nitrogen and oxygen atoms in total. The number of carbonyl (C=O) groups is 1. The first kappa shape index (κ1) is 27.9. The van der Waals surface area contributed by atoms with Gasteiger partial charge in [0, 0.05) is 49.4 Å². The van der Waals surface area contributed by atoms with Crippen molar-refractivity contribution in [2.24, 2.45) is 0 Å². The third-order valence-corrected chi connectivity index (χ3v) is 12.9. The second-order valence-corrected chi connectivity index (χ2v) is 17.6. The molecule has 0 saturated heterocycles. The van der Waals surface area contributed by atoms with E-state index in [-0.39, 0.29) is 5.04 Å². The quantitative estimate of drug-likeness (QED) is 0.314. The molecule has 3 aromatic carbocycles. The summed E-state index contributed by atoms with van der Waals surface area (Å²) in [5, 5.41) is 10.5. The fraction of sp³-hybridized carbons (Fsp3) is 0.367. The van der Waals surface area contributed by atoms with Gasteiger partial charge in [-0.25, -0.2) is 9.69 Å². The predicted octanol–water partition coefficient (Wildman–Crippen LogP) is 8.07. The molecule has 1 aliphatic heterocycles. The zero-order valence-corrected chi connectivity index (χ0v) is 25.7. The predicted molar refractivity (Wildman–Crippen MR) is 163 cm³/mol. The highest BCUT2D eigenvalue weighted by molar-refractivity contribution is 7.99. The standard InChI is InChI=1S/C30H39N3O3SSi/c1-30(2,3)38(8,9)36-24-13-10-20(11-14-24)16-21-17-23(32(6)7)19-27-28(21)33(29(34)35)25-15-12-22(31(4)5)18-26(25)37-27/h10-15,17-19H,16H2,1-9H3,(H,34,35). The molecule has 1 aliphatic rings. The Kier molecular flexibility index (Phi) is 7.51. The summed E-state index contributed by atoms with van der Waals surface area (Å²) in [4.78, 5) is 20.1. The molecule has 38 heavy (non-hydrogen) atoms. The lowest BCUT2D eigenvalue weighted by atomic mass is 10.0. The van der Waals surface area contributed by atoms with Crippen molar-refractivity contribution in [3.8, 4) is 5.75 Å².